The molecule has 0 spiro atoms. The van der Waals surface area contributed by atoms with Gasteiger partial charge in [-0.3, -0.25) is 4.79 Å². The predicted octanol–water partition coefficient (Wildman–Crippen LogP) is 4.11. The third-order valence-electron chi connectivity index (χ3n) is 4.31. The lowest BCUT2D eigenvalue weighted by atomic mass is 10.2. The van der Waals surface area contributed by atoms with Gasteiger partial charge < -0.3 is 4.90 Å². The van der Waals surface area contributed by atoms with E-state index in [1.165, 1.54) is 12.8 Å². The van der Waals surface area contributed by atoms with E-state index in [1.807, 2.05) is 49.1 Å². The number of aromatic nitrogens is 2. The van der Waals surface area contributed by atoms with Crippen LogP contribution < -0.4 is 0 Å². The number of benzene rings is 1. The first-order valence-electron chi connectivity index (χ1n) is 8.37. The summed E-state index contributed by atoms with van der Waals surface area (Å²) in [6.45, 7) is 5.50. The third kappa shape index (κ3) is 3.70. The topological polar surface area (TPSA) is 38.1 Å². The van der Waals surface area contributed by atoms with Gasteiger partial charge in [0.05, 0.1) is 11.4 Å². The van der Waals surface area contributed by atoms with Crippen molar-refractivity contribution < 1.29 is 4.79 Å². The van der Waals surface area contributed by atoms with Crippen LogP contribution in [0.25, 0.3) is 11.8 Å². The number of hydrogen-bond acceptors (Lipinski definition) is 2. The molecule has 24 heavy (non-hydrogen) atoms. The highest BCUT2D eigenvalue weighted by Gasteiger charge is 2.25. The lowest BCUT2D eigenvalue weighted by Gasteiger charge is -2.18. The number of carbonyl (C=O) groups is 1. The monoisotopic (exact) mass is 343 g/mol. The molecule has 0 atom stereocenters. The second kappa shape index (κ2) is 7.22. The molecule has 5 heteroatoms. The highest BCUT2D eigenvalue weighted by atomic mass is 35.5. The summed E-state index contributed by atoms with van der Waals surface area (Å²) in [7, 11) is 0. The fraction of sp³-hybridized carbons (Fsp3) is 0.368. The van der Waals surface area contributed by atoms with Crippen molar-refractivity contribution in [2.75, 3.05) is 13.1 Å². The molecule has 2 aromatic rings. The Morgan fingerprint density at radius 3 is 2.71 bits per heavy atom. The second-order valence-corrected chi connectivity index (χ2v) is 6.55. The summed E-state index contributed by atoms with van der Waals surface area (Å²) in [5.74, 6) is 0.723. The maximum atomic E-state index is 12.4. The molecule has 3 rings (SSSR count). The first-order valence-corrected chi connectivity index (χ1v) is 8.75. The molecule has 1 aromatic carbocycles. The van der Waals surface area contributed by atoms with Gasteiger partial charge >= 0.3 is 0 Å². The first kappa shape index (κ1) is 16.8. The summed E-state index contributed by atoms with van der Waals surface area (Å²) >= 11 is 6.48. The van der Waals surface area contributed by atoms with Gasteiger partial charge in [-0.25, -0.2) is 4.68 Å². The van der Waals surface area contributed by atoms with E-state index in [0.29, 0.717) is 11.1 Å². The summed E-state index contributed by atoms with van der Waals surface area (Å²) in [5, 5.41) is 5.01. The minimum absolute atomic E-state index is 0.0346. The highest BCUT2D eigenvalue weighted by Crippen LogP contribution is 2.30. The normalized spacial score (nSPS) is 14.3. The maximum absolute atomic E-state index is 12.4. The zero-order valence-electron chi connectivity index (χ0n) is 14.1. The van der Waals surface area contributed by atoms with Crippen molar-refractivity contribution in [3.05, 3.63) is 52.8 Å². The summed E-state index contributed by atoms with van der Waals surface area (Å²) in [6, 6.07) is 9.74. The molecule has 4 nitrogen and oxygen atoms in total. The van der Waals surface area contributed by atoms with Crippen LogP contribution in [0.3, 0.4) is 0 Å². The van der Waals surface area contributed by atoms with Crippen LogP contribution in [-0.4, -0.2) is 33.7 Å². The molecule has 1 fully saturated rings. The van der Waals surface area contributed by atoms with Crippen LogP contribution in [0.5, 0.6) is 0 Å². The van der Waals surface area contributed by atoms with Gasteiger partial charge in [-0.15, -0.1) is 0 Å². The van der Waals surface area contributed by atoms with Crippen LogP contribution in [0.2, 0.25) is 5.15 Å². The first-order chi connectivity index (χ1) is 11.6. The zero-order chi connectivity index (χ0) is 17.1. The number of para-hydroxylation sites is 1. The van der Waals surface area contributed by atoms with Crippen LogP contribution in [0.15, 0.2) is 36.4 Å². The Morgan fingerprint density at radius 2 is 2.08 bits per heavy atom. The number of aryl methyl sites for hydroxylation is 1. The average Bonchev–Trinajstić information content (AvgIpc) is 3.37. The molecule has 126 valence electrons. The highest BCUT2D eigenvalue weighted by molar-refractivity contribution is 6.31. The van der Waals surface area contributed by atoms with Crippen LogP contribution in [0, 0.1) is 12.8 Å². The number of hydrogen-bond donors (Lipinski definition) is 0. The smallest absolute Gasteiger partial charge is 0.246 e. The second-order valence-electron chi connectivity index (χ2n) is 6.19. The summed E-state index contributed by atoms with van der Waals surface area (Å²) < 4.78 is 1.70. The van der Waals surface area contributed by atoms with Gasteiger partial charge in [0.2, 0.25) is 5.91 Å². The van der Waals surface area contributed by atoms with E-state index in [2.05, 4.69) is 5.10 Å². The summed E-state index contributed by atoms with van der Waals surface area (Å²) in [4.78, 5) is 14.3. The molecule has 0 bridgehead atoms. The molecule has 0 unspecified atom stereocenters. The fourth-order valence-electron chi connectivity index (χ4n) is 2.69. The Morgan fingerprint density at radius 1 is 1.38 bits per heavy atom. The molecule has 1 aliphatic rings. The van der Waals surface area contributed by atoms with Crippen LogP contribution in [0.1, 0.15) is 31.0 Å². The van der Waals surface area contributed by atoms with E-state index >= 15 is 0 Å². The minimum Gasteiger partial charge on any atom is -0.339 e. The van der Waals surface area contributed by atoms with Gasteiger partial charge in [-0.1, -0.05) is 29.8 Å². The van der Waals surface area contributed by atoms with Crippen molar-refractivity contribution in [1.29, 1.82) is 0 Å². The Balaban J connectivity index is 1.79. The van der Waals surface area contributed by atoms with Gasteiger partial charge in [0, 0.05) is 24.7 Å². The zero-order valence-corrected chi connectivity index (χ0v) is 14.8. The van der Waals surface area contributed by atoms with Crippen molar-refractivity contribution >= 4 is 23.6 Å². The lowest BCUT2D eigenvalue weighted by molar-refractivity contribution is -0.126. The van der Waals surface area contributed by atoms with Crippen molar-refractivity contribution in [1.82, 2.24) is 14.7 Å². The van der Waals surface area contributed by atoms with Crippen molar-refractivity contribution in [3.8, 4) is 5.69 Å². The Bertz CT molecular complexity index is 747. The van der Waals surface area contributed by atoms with Crippen LogP contribution in [0.4, 0.5) is 0 Å². The van der Waals surface area contributed by atoms with Crippen molar-refractivity contribution in [2.24, 2.45) is 5.92 Å². The Kier molecular flexibility index (Phi) is 5.05. The number of amides is 1. The van der Waals surface area contributed by atoms with E-state index in [4.69, 9.17) is 11.6 Å². The molecule has 0 saturated heterocycles. The molecule has 0 N–H and O–H groups in total. The number of likely N-dealkylation sites (N-methyl/N-ethyl adjacent to an activating group) is 1. The quantitative estimate of drug-likeness (QED) is 0.740. The van der Waals surface area contributed by atoms with Gasteiger partial charge in [0.25, 0.3) is 0 Å². The molecule has 1 heterocycles. The summed E-state index contributed by atoms with van der Waals surface area (Å²) in [6.07, 6.45) is 5.86. The molecular formula is C19H22ClN3O. The van der Waals surface area contributed by atoms with Crippen LogP contribution >= 0.6 is 11.6 Å². The molecule has 0 aliphatic heterocycles. The largest absolute Gasteiger partial charge is 0.339 e. The predicted molar refractivity (Wildman–Crippen MR) is 97.3 cm³/mol. The minimum atomic E-state index is 0.0346. The number of halogens is 1. The van der Waals surface area contributed by atoms with E-state index in [9.17, 15) is 4.79 Å². The standard InChI is InChI=1S/C19H22ClN3O/c1-3-22(13-15-9-10-15)18(24)12-11-17-14(2)21-23(19(17)20)16-7-5-4-6-8-16/h4-8,11-12,15H,3,9-10,13H2,1-2H3/b12-11+. The molecule has 1 saturated carbocycles. The van der Waals surface area contributed by atoms with E-state index in [1.54, 1.807) is 16.8 Å². The molecular weight excluding hydrogens is 322 g/mol. The van der Waals surface area contributed by atoms with E-state index in [-0.39, 0.29) is 5.91 Å². The van der Waals surface area contributed by atoms with Crippen LogP contribution in [-0.2, 0) is 4.79 Å². The molecule has 0 radical (unpaired) electrons. The Hall–Kier alpha value is -2.07. The van der Waals surface area contributed by atoms with Gasteiger partial charge in [-0.05, 0) is 50.8 Å². The average molecular weight is 344 g/mol. The van der Waals surface area contributed by atoms with Gasteiger partial charge in [0.15, 0.2) is 0 Å². The maximum Gasteiger partial charge on any atom is 0.246 e. The SMILES string of the molecule is CCN(CC1CC1)C(=O)/C=C/c1c(C)nn(-c2ccccc2)c1Cl. The third-order valence-corrected chi connectivity index (χ3v) is 4.67. The molecule has 1 aromatic heterocycles. The Labute approximate surface area is 147 Å². The van der Waals surface area contributed by atoms with Gasteiger partial charge in [0.1, 0.15) is 5.15 Å². The lowest BCUT2D eigenvalue weighted by Crippen LogP contribution is -2.31. The number of rotatable bonds is 6. The van der Waals surface area contributed by atoms with E-state index < -0.39 is 0 Å². The van der Waals surface area contributed by atoms with E-state index in [0.717, 1.165) is 30.0 Å². The fourth-order valence-corrected chi connectivity index (χ4v) is 3.02. The number of carbonyl (C=O) groups excluding carboxylic acids is 1. The van der Waals surface area contributed by atoms with Crippen molar-refractivity contribution in [3.63, 3.8) is 0 Å². The molecule has 1 aliphatic carbocycles. The van der Waals surface area contributed by atoms with Crippen molar-refractivity contribution in [2.45, 2.75) is 26.7 Å². The summed E-state index contributed by atoms with van der Waals surface area (Å²) in [5.41, 5.74) is 2.50. The number of nitrogens with zero attached hydrogens (tertiary/aromatic N) is 3. The van der Waals surface area contributed by atoms with Gasteiger partial charge in [-0.2, -0.15) is 5.10 Å². The molecule has 1 amide bonds.